The van der Waals surface area contributed by atoms with E-state index in [1.807, 2.05) is 18.2 Å². The molecule has 1 aromatic rings. The molecule has 1 N–H and O–H groups in total. The summed E-state index contributed by atoms with van der Waals surface area (Å²) in [6.45, 7) is 1.53. The van der Waals surface area contributed by atoms with E-state index in [0.717, 1.165) is 21.9 Å². The van der Waals surface area contributed by atoms with Crippen LogP contribution >= 0.6 is 31.9 Å². The van der Waals surface area contributed by atoms with Crippen LogP contribution in [0.2, 0.25) is 0 Å². The van der Waals surface area contributed by atoms with E-state index in [2.05, 4.69) is 31.9 Å². The van der Waals surface area contributed by atoms with Crippen LogP contribution in [0, 0.1) is 5.92 Å². The van der Waals surface area contributed by atoms with Crippen molar-refractivity contribution in [2.75, 3.05) is 19.7 Å². The molecule has 5 heteroatoms. The minimum absolute atomic E-state index is 0.0223. The number of rotatable bonds is 2. The number of amides is 1. The van der Waals surface area contributed by atoms with Crippen LogP contribution in [0.25, 0.3) is 0 Å². The topological polar surface area (TPSA) is 40.5 Å². The molecule has 1 aliphatic heterocycles. The van der Waals surface area contributed by atoms with Crippen molar-refractivity contribution in [2.24, 2.45) is 5.92 Å². The molecular formula is C12H13Br2NO2. The summed E-state index contributed by atoms with van der Waals surface area (Å²) in [5.41, 5.74) is 0.665. The monoisotopic (exact) mass is 361 g/mol. The van der Waals surface area contributed by atoms with Crippen LogP contribution in [0.15, 0.2) is 27.1 Å². The van der Waals surface area contributed by atoms with Crippen molar-refractivity contribution in [3.05, 3.63) is 32.7 Å². The van der Waals surface area contributed by atoms with Gasteiger partial charge in [-0.25, -0.2) is 0 Å². The van der Waals surface area contributed by atoms with E-state index in [0.29, 0.717) is 12.1 Å². The highest BCUT2D eigenvalue weighted by molar-refractivity contribution is 9.11. The van der Waals surface area contributed by atoms with Crippen LogP contribution < -0.4 is 0 Å². The Hall–Kier alpha value is -0.390. The van der Waals surface area contributed by atoms with Crippen molar-refractivity contribution in [1.29, 1.82) is 0 Å². The highest BCUT2D eigenvalue weighted by Crippen LogP contribution is 2.25. The molecule has 1 fully saturated rings. The van der Waals surface area contributed by atoms with Gasteiger partial charge in [-0.3, -0.25) is 4.79 Å². The molecule has 1 amide bonds. The summed E-state index contributed by atoms with van der Waals surface area (Å²) in [5, 5.41) is 9.08. The Morgan fingerprint density at radius 2 is 2.24 bits per heavy atom. The number of carbonyl (C=O) groups is 1. The Morgan fingerprint density at radius 3 is 2.88 bits per heavy atom. The molecule has 0 aliphatic carbocycles. The van der Waals surface area contributed by atoms with E-state index in [1.165, 1.54) is 0 Å². The van der Waals surface area contributed by atoms with Gasteiger partial charge in [-0.1, -0.05) is 15.9 Å². The standard InChI is InChI=1S/C12H13Br2NO2/c13-9-1-2-11(14)10(5-9)12(17)15-4-3-8(6-15)7-16/h1-2,5,8,16H,3-4,6-7H2. The van der Waals surface area contributed by atoms with Crippen molar-refractivity contribution >= 4 is 37.8 Å². The number of hydrogen-bond acceptors (Lipinski definition) is 2. The van der Waals surface area contributed by atoms with Gasteiger partial charge in [-0.2, -0.15) is 0 Å². The van der Waals surface area contributed by atoms with E-state index in [4.69, 9.17) is 5.11 Å². The van der Waals surface area contributed by atoms with Crippen molar-refractivity contribution in [3.8, 4) is 0 Å². The maximum Gasteiger partial charge on any atom is 0.255 e. The second-order valence-electron chi connectivity index (χ2n) is 4.21. The van der Waals surface area contributed by atoms with Crippen LogP contribution in [0.3, 0.4) is 0 Å². The first-order valence-electron chi connectivity index (χ1n) is 5.47. The summed E-state index contributed by atoms with van der Waals surface area (Å²) in [7, 11) is 0. The largest absolute Gasteiger partial charge is 0.396 e. The van der Waals surface area contributed by atoms with Gasteiger partial charge in [0.15, 0.2) is 0 Å². The number of halogens is 2. The predicted octanol–water partition coefficient (Wildman–Crippen LogP) is 2.67. The predicted molar refractivity (Wildman–Crippen MR) is 72.9 cm³/mol. The van der Waals surface area contributed by atoms with Crippen molar-refractivity contribution in [3.63, 3.8) is 0 Å². The van der Waals surface area contributed by atoms with Crippen LogP contribution in [0.5, 0.6) is 0 Å². The first kappa shape index (κ1) is 13.1. The molecule has 0 spiro atoms. The van der Waals surface area contributed by atoms with Crippen LogP contribution in [-0.4, -0.2) is 35.6 Å². The zero-order valence-electron chi connectivity index (χ0n) is 9.20. The quantitative estimate of drug-likeness (QED) is 0.878. The lowest BCUT2D eigenvalue weighted by molar-refractivity contribution is 0.0781. The minimum atomic E-state index is 0.0223. The first-order chi connectivity index (χ1) is 8.11. The molecule has 1 saturated heterocycles. The lowest BCUT2D eigenvalue weighted by Gasteiger charge is -2.17. The van der Waals surface area contributed by atoms with Crippen LogP contribution in [-0.2, 0) is 0 Å². The van der Waals surface area contributed by atoms with Gasteiger partial charge in [-0.05, 0) is 40.5 Å². The number of likely N-dealkylation sites (tertiary alicyclic amines) is 1. The molecule has 0 radical (unpaired) electrons. The molecule has 1 atom stereocenters. The SMILES string of the molecule is O=C(c1cc(Br)ccc1Br)N1CCC(CO)C1. The number of benzene rings is 1. The molecule has 3 nitrogen and oxygen atoms in total. The molecule has 0 aromatic heterocycles. The highest BCUT2D eigenvalue weighted by atomic mass is 79.9. The van der Waals surface area contributed by atoms with Crippen LogP contribution in [0.4, 0.5) is 0 Å². The fourth-order valence-electron chi connectivity index (χ4n) is 2.00. The number of aliphatic hydroxyl groups excluding tert-OH is 1. The normalized spacial score (nSPS) is 19.7. The van der Waals surface area contributed by atoms with Gasteiger partial charge in [-0.15, -0.1) is 0 Å². The van der Waals surface area contributed by atoms with E-state index in [9.17, 15) is 4.79 Å². The summed E-state index contributed by atoms with van der Waals surface area (Å²) in [4.78, 5) is 14.1. The minimum Gasteiger partial charge on any atom is -0.396 e. The zero-order chi connectivity index (χ0) is 12.4. The Kier molecular flexibility index (Phi) is 4.22. The molecule has 1 aliphatic rings. The summed E-state index contributed by atoms with van der Waals surface area (Å²) in [5.74, 6) is 0.249. The Balaban J connectivity index is 2.17. The fraction of sp³-hybridized carbons (Fsp3) is 0.417. The summed E-state index contributed by atoms with van der Waals surface area (Å²) < 4.78 is 1.69. The van der Waals surface area contributed by atoms with Crippen LogP contribution in [0.1, 0.15) is 16.8 Å². The third-order valence-corrected chi connectivity index (χ3v) is 4.17. The third-order valence-electron chi connectivity index (χ3n) is 2.99. The van der Waals surface area contributed by atoms with Gasteiger partial charge in [0, 0.05) is 34.6 Å². The average molecular weight is 363 g/mol. The first-order valence-corrected chi connectivity index (χ1v) is 7.05. The van der Waals surface area contributed by atoms with E-state index in [-0.39, 0.29) is 18.4 Å². The van der Waals surface area contributed by atoms with Crippen molar-refractivity contribution in [1.82, 2.24) is 4.90 Å². The molecule has 17 heavy (non-hydrogen) atoms. The molecule has 1 heterocycles. The second-order valence-corrected chi connectivity index (χ2v) is 5.98. The molecule has 1 unspecified atom stereocenters. The molecule has 2 rings (SSSR count). The lowest BCUT2D eigenvalue weighted by Crippen LogP contribution is -2.29. The smallest absolute Gasteiger partial charge is 0.255 e. The van der Waals surface area contributed by atoms with Crippen molar-refractivity contribution in [2.45, 2.75) is 6.42 Å². The summed E-state index contributed by atoms with van der Waals surface area (Å²) >= 11 is 6.76. The van der Waals surface area contributed by atoms with Gasteiger partial charge in [0.1, 0.15) is 0 Å². The van der Waals surface area contributed by atoms with Gasteiger partial charge in [0.25, 0.3) is 5.91 Å². The summed E-state index contributed by atoms with van der Waals surface area (Å²) in [6.07, 6.45) is 0.883. The number of carbonyl (C=O) groups excluding carboxylic acids is 1. The summed E-state index contributed by atoms with van der Waals surface area (Å²) in [6, 6.07) is 5.57. The molecule has 1 aromatic carbocycles. The van der Waals surface area contributed by atoms with Gasteiger partial charge < -0.3 is 10.0 Å². The lowest BCUT2D eigenvalue weighted by atomic mass is 10.1. The number of aliphatic hydroxyl groups is 1. The zero-order valence-corrected chi connectivity index (χ0v) is 12.4. The maximum atomic E-state index is 12.3. The number of hydrogen-bond donors (Lipinski definition) is 1. The fourth-order valence-corrected chi connectivity index (χ4v) is 2.78. The molecule has 0 saturated carbocycles. The number of nitrogens with zero attached hydrogens (tertiary/aromatic N) is 1. The second kappa shape index (κ2) is 5.50. The van der Waals surface area contributed by atoms with Crippen molar-refractivity contribution < 1.29 is 9.90 Å². The van der Waals surface area contributed by atoms with Gasteiger partial charge in [0.05, 0.1) is 5.56 Å². The Bertz CT molecular complexity index is 437. The van der Waals surface area contributed by atoms with E-state index >= 15 is 0 Å². The molecule has 92 valence electrons. The van der Waals surface area contributed by atoms with E-state index < -0.39 is 0 Å². The van der Waals surface area contributed by atoms with E-state index in [1.54, 1.807) is 4.90 Å². The third kappa shape index (κ3) is 2.89. The maximum absolute atomic E-state index is 12.3. The Morgan fingerprint density at radius 1 is 1.47 bits per heavy atom. The molecule has 0 bridgehead atoms. The average Bonchev–Trinajstić information content (AvgIpc) is 2.80. The van der Waals surface area contributed by atoms with Gasteiger partial charge in [0.2, 0.25) is 0 Å². The van der Waals surface area contributed by atoms with Gasteiger partial charge >= 0.3 is 0 Å². The molecular weight excluding hydrogens is 350 g/mol. The highest BCUT2D eigenvalue weighted by Gasteiger charge is 2.27. The Labute approximate surface area is 117 Å².